The SMILES string of the molecule is CC(C)C(=O)Nc1ccc(C(=O)C(C)Sc2nnc(NCCc3cccs3)s2)cc1. The molecule has 0 spiro atoms. The van der Waals surface area contributed by atoms with Crippen LogP contribution < -0.4 is 10.6 Å². The molecule has 1 aromatic carbocycles. The van der Waals surface area contributed by atoms with E-state index in [0.717, 1.165) is 22.4 Å². The van der Waals surface area contributed by atoms with Crippen LogP contribution in [-0.4, -0.2) is 33.7 Å². The van der Waals surface area contributed by atoms with Crippen molar-refractivity contribution in [1.29, 1.82) is 0 Å². The summed E-state index contributed by atoms with van der Waals surface area (Å²) >= 11 is 4.60. The number of hydrogen-bond donors (Lipinski definition) is 2. The number of Topliss-reactive ketones (excluding diaryl/α,β-unsaturated/α-hetero) is 1. The van der Waals surface area contributed by atoms with Crippen molar-refractivity contribution >= 4 is 56.9 Å². The second-order valence-electron chi connectivity index (χ2n) is 6.97. The van der Waals surface area contributed by atoms with Crippen molar-refractivity contribution in [1.82, 2.24) is 10.2 Å². The zero-order valence-corrected chi connectivity index (χ0v) is 19.5. The van der Waals surface area contributed by atoms with Crippen LogP contribution in [0.5, 0.6) is 0 Å². The van der Waals surface area contributed by atoms with Gasteiger partial charge in [-0.25, -0.2) is 0 Å². The minimum Gasteiger partial charge on any atom is -0.360 e. The van der Waals surface area contributed by atoms with Crippen LogP contribution in [0.2, 0.25) is 0 Å². The standard InChI is InChI=1S/C21H24N4O2S3/c1-13(2)19(27)23-16-8-6-15(7-9-16)18(26)14(3)29-21-25-24-20(30-21)22-11-10-17-5-4-12-28-17/h4-9,12-14H,10-11H2,1-3H3,(H,22,24)(H,23,27). The number of thiophene rings is 1. The monoisotopic (exact) mass is 460 g/mol. The molecule has 2 heterocycles. The van der Waals surface area contributed by atoms with Crippen molar-refractivity contribution < 1.29 is 9.59 Å². The summed E-state index contributed by atoms with van der Waals surface area (Å²) in [5, 5.41) is 17.0. The van der Waals surface area contributed by atoms with Gasteiger partial charge in [-0.2, -0.15) is 0 Å². The Kier molecular flexibility index (Phi) is 8.01. The molecule has 0 radical (unpaired) electrons. The van der Waals surface area contributed by atoms with Crippen LogP contribution >= 0.6 is 34.4 Å². The summed E-state index contributed by atoms with van der Waals surface area (Å²) in [6, 6.07) is 11.2. The predicted molar refractivity (Wildman–Crippen MR) is 126 cm³/mol. The number of nitrogens with zero attached hydrogens (tertiary/aromatic N) is 2. The lowest BCUT2D eigenvalue weighted by molar-refractivity contribution is -0.118. The van der Waals surface area contributed by atoms with Gasteiger partial charge in [0.1, 0.15) is 0 Å². The first-order chi connectivity index (χ1) is 14.4. The van der Waals surface area contributed by atoms with Crippen molar-refractivity contribution in [2.24, 2.45) is 5.92 Å². The Morgan fingerprint density at radius 3 is 2.53 bits per heavy atom. The summed E-state index contributed by atoms with van der Waals surface area (Å²) in [4.78, 5) is 25.8. The molecule has 158 valence electrons. The summed E-state index contributed by atoms with van der Waals surface area (Å²) < 4.78 is 0.760. The average molecular weight is 461 g/mol. The largest absolute Gasteiger partial charge is 0.360 e. The third-order valence-corrected chi connectivity index (χ3v) is 7.24. The van der Waals surface area contributed by atoms with Crippen LogP contribution in [-0.2, 0) is 11.2 Å². The molecule has 9 heteroatoms. The number of nitrogens with one attached hydrogen (secondary N) is 2. The Hall–Kier alpha value is -2.23. The molecular formula is C21H24N4O2S3. The van der Waals surface area contributed by atoms with E-state index in [0.29, 0.717) is 11.3 Å². The van der Waals surface area contributed by atoms with Crippen LogP contribution in [0.15, 0.2) is 46.1 Å². The van der Waals surface area contributed by atoms with E-state index < -0.39 is 0 Å². The van der Waals surface area contributed by atoms with E-state index in [2.05, 4.69) is 32.3 Å². The molecule has 0 bridgehead atoms. The highest BCUT2D eigenvalue weighted by molar-refractivity contribution is 8.02. The lowest BCUT2D eigenvalue weighted by atomic mass is 10.1. The maximum absolute atomic E-state index is 12.7. The maximum atomic E-state index is 12.7. The summed E-state index contributed by atoms with van der Waals surface area (Å²) in [6.45, 7) is 6.34. The molecule has 30 heavy (non-hydrogen) atoms. The Balaban J connectivity index is 1.50. The van der Waals surface area contributed by atoms with Gasteiger partial charge < -0.3 is 10.6 Å². The number of benzene rings is 1. The molecule has 0 aliphatic rings. The lowest BCUT2D eigenvalue weighted by Gasteiger charge is -2.10. The molecule has 6 nitrogen and oxygen atoms in total. The van der Waals surface area contributed by atoms with Gasteiger partial charge in [-0.1, -0.05) is 43.0 Å². The van der Waals surface area contributed by atoms with Crippen LogP contribution in [0.3, 0.4) is 0 Å². The molecule has 2 aromatic heterocycles. The minimum absolute atomic E-state index is 0.0177. The predicted octanol–water partition coefficient (Wildman–Crippen LogP) is 5.21. The van der Waals surface area contributed by atoms with Crippen molar-refractivity contribution in [3.05, 3.63) is 52.2 Å². The summed E-state index contributed by atoms with van der Waals surface area (Å²) in [5.74, 6) is -0.122. The first kappa shape index (κ1) is 22.5. The molecule has 0 saturated carbocycles. The fourth-order valence-corrected chi connectivity index (χ4v) is 5.23. The third-order valence-electron chi connectivity index (χ3n) is 4.24. The van der Waals surface area contributed by atoms with Gasteiger partial charge in [0.25, 0.3) is 0 Å². The number of carbonyl (C=O) groups excluding carboxylic acids is 2. The second-order valence-corrected chi connectivity index (χ2v) is 10.6. The van der Waals surface area contributed by atoms with Crippen molar-refractivity contribution in [2.75, 3.05) is 17.2 Å². The van der Waals surface area contributed by atoms with Gasteiger partial charge in [-0.3, -0.25) is 9.59 Å². The quantitative estimate of drug-likeness (QED) is 0.319. The third kappa shape index (κ3) is 6.38. The Morgan fingerprint density at radius 1 is 1.10 bits per heavy atom. The molecule has 2 N–H and O–H groups in total. The van der Waals surface area contributed by atoms with E-state index in [1.165, 1.54) is 28.0 Å². The number of aromatic nitrogens is 2. The molecule has 1 unspecified atom stereocenters. The van der Waals surface area contributed by atoms with Crippen LogP contribution in [0.25, 0.3) is 0 Å². The Morgan fingerprint density at radius 2 is 1.87 bits per heavy atom. The van der Waals surface area contributed by atoms with Gasteiger partial charge in [0.2, 0.25) is 11.0 Å². The summed E-state index contributed by atoms with van der Waals surface area (Å²) in [6.07, 6.45) is 0.947. The zero-order chi connectivity index (χ0) is 21.5. The van der Waals surface area contributed by atoms with Gasteiger partial charge in [-0.15, -0.1) is 21.5 Å². The Bertz CT molecular complexity index is 969. The van der Waals surface area contributed by atoms with Crippen molar-refractivity contribution in [3.8, 4) is 0 Å². The fraction of sp³-hybridized carbons (Fsp3) is 0.333. The normalized spacial score (nSPS) is 12.0. The molecule has 0 saturated heterocycles. The number of hydrogen-bond acceptors (Lipinski definition) is 8. The molecule has 0 aliphatic heterocycles. The number of rotatable bonds is 10. The maximum Gasteiger partial charge on any atom is 0.226 e. The molecule has 0 fully saturated rings. The lowest BCUT2D eigenvalue weighted by Crippen LogP contribution is -2.18. The molecular weight excluding hydrogens is 436 g/mol. The van der Waals surface area contributed by atoms with E-state index in [4.69, 9.17) is 0 Å². The van der Waals surface area contributed by atoms with Gasteiger partial charge in [-0.05, 0) is 49.1 Å². The summed E-state index contributed by atoms with van der Waals surface area (Å²) in [5.41, 5.74) is 1.30. The topological polar surface area (TPSA) is 84.0 Å². The van der Waals surface area contributed by atoms with Gasteiger partial charge in [0.15, 0.2) is 10.1 Å². The minimum atomic E-state index is -0.284. The number of ketones is 1. The molecule has 1 atom stereocenters. The molecule has 3 rings (SSSR count). The molecule has 1 amide bonds. The molecule has 3 aromatic rings. The van der Waals surface area contributed by atoms with E-state index >= 15 is 0 Å². The van der Waals surface area contributed by atoms with Crippen molar-refractivity contribution in [3.63, 3.8) is 0 Å². The first-order valence-corrected chi connectivity index (χ1v) is 12.2. The van der Waals surface area contributed by atoms with Crippen LogP contribution in [0, 0.1) is 5.92 Å². The second kappa shape index (κ2) is 10.7. The smallest absolute Gasteiger partial charge is 0.226 e. The average Bonchev–Trinajstić information content (AvgIpc) is 3.40. The molecule has 0 aliphatic carbocycles. The highest BCUT2D eigenvalue weighted by atomic mass is 32.2. The number of thioether (sulfide) groups is 1. The van der Waals surface area contributed by atoms with Gasteiger partial charge >= 0.3 is 0 Å². The number of amides is 1. The van der Waals surface area contributed by atoms with E-state index in [1.807, 2.05) is 26.8 Å². The van der Waals surface area contributed by atoms with E-state index in [-0.39, 0.29) is 22.9 Å². The fourth-order valence-electron chi connectivity index (χ4n) is 2.52. The number of anilines is 2. The van der Waals surface area contributed by atoms with E-state index in [9.17, 15) is 9.59 Å². The zero-order valence-electron chi connectivity index (χ0n) is 17.0. The van der Waals surface area contributed by atoms with Crippen molar-refractivity contribution in [2.45, 2.75) is 36.8 Å². The summed E-state index contributed by atoms with van der Waals surface area (Å²) in [7, 11) is 0. The first-order valence-electron chi connectivity index (χ1n) is 9.64. The highest BCUT2D eigenvalue weighted by Gasteiger charge is 2.19. The van der Waals surface area contributed by atoms with E-state index in [1.54, 1.807) is 35.6 Å². The highest BCUT2D eigenvalue weighted by Crippen LogP contribution is 2.30. The van der Waals surface area contributed by atoms with Crippen LogP contribution in [0.1, 0.15) is 36.0 Å². The van der Waals surface area contributed by atoms with Gasteiger partial charge in [0.05, 0.1) is 5.25 Å². The number of carbonyl (C=O) groups is 2. The van der Waals surface area contributed by atoms with Crippen LogP contribution in [0.4, 0.5) is 10.8 Å². The van der Waals surface area contributed by atoms with Gasteiger partial charge in [0, 0.05) is 28.6 Å². The Labute approximate surface area is 188 Å².